The van der Waals surface area contributed by atoms with E-state index in [0.29, 0.717) is 0 Å². The van der Waals surface area contributed by atoms with Gasteiger partial charge in [-0.2, -0.15) is 0 Å². The van der Waals surface area contributed by atoms with Crippen LogP contribution in [0.5, 0.6) is 0 Å². The lowest BCUT2D eigenvalue weighted by Crippen LogP contribution is -2.18. The van der Waals surface area contributed by atoms with Crippen LogP contribution in [0.4, 0.5) is 0 Å². The Morgan fingerprint density at radius 1 is 0.341 bits per heavy atom. The van der Waals surface area contributed by atoms with Crippen molar-refractivity contribution in [1.29, 1.82) is 0 Å². The van der Waals surface area contributed by atoms with Gasteiger partial charge in [-0.1, -0.05) is 119 Å². The van der Waals surface area contributed by atoms with Gasteiger partial charge in [0.2, 0.25) is 0 Å². The third-order valence-electron chi connectivity index (χ3n) is 11.7. The van der Waals surface area contributed by atoms with Gasteiger partial charge in [-0.05, 0) is 127 Å². The van der Waals surface area contributed by atoms with Crippen LogP contribution in [0.3, 0.4) is 0 Å². The fourth-order valence-corrected chi connectivity index (χ4v) is 9.52. The molecular weight excluding hydrogens is 528 g/mol. The monoisotopic (exact) mass is 558 g/mol. The summed E-state index contributed by atoms with van der Waals surface area (Å²) in [7, 11) is 0. The molecule has 9 aromatic carbocycles. The summed E-state index contributed by atoms with van der Waals surface area (Å²) in [5.74, 6) is 0. The molecule has 2 aliphatic carbocycles. The Morgan fingerprint density at radius 2 is 0.727 bits per heavy atom. The highest BCUT2D eigenvalue weighted by Gasteiger charge is 2.43. The molecule has 44 heavy (non-hydrogen) atoms. The molecule has 0 heterocycles. The summed E-state index contributed by atoms with van der Waals surface area (Å²) in [5.41, 5.74) is 11.4. The van der Waals surface area contributed by atoms with Crippen LogP contribution in [0.15, 0.2) is 109 Å². The normalized spacial score (nSPS) is 16.1. The zero-order valence-electron chi connectivity index (χ0n) is 25.4. The Balaban J connectivity index is 1.29. The van der Waals surface area contributed by atoms with E-state index >= 15 is 0 Å². The van der Waals surface area contributed by atoms with Crippen LogP contribution in [0.2, 0.25) is 0 Å². The fourth-order valence-electron chi connectivity index (χ4n) is 9.52. The van der Waals surface area contributed by atoms with Crippen LogP contribution in [0.1, 0.15) is 49.9 Å². The third-order valence-corrected chi connectivity index (χ3v) is 11.7. The van der Waals surface area contributed by atoms with Gasteiger partial charge in [-0.25, -0.2) is 0 Å². The molecule has 0 saturated heterocycles. The van der Waals surface area contributed by atoms with Gasteiger partial charge in [-0.3, -0.25) is 0 Å². The maximum Gasteiger partial charge on any atom is 0.0159 e. The van der Waals surface area contributed by atoms with Gasteiger partial charge in [0.25, 0.3) is 0 Å². The van der Waals surface area contributed by atoms with E-state index in [1.165, 1.54) is 109 Å². The van der Waals surface area contributed by atoms with Crippen LogP contribution in [-0.2, 0) is 10.8 Å². The van der Waals surface area contributed by atoms with Crippen LogP contribution >= 0.6 is 0 Å². The molecule has 0 spiro atoms. The molecule has 0 unspecified atom stereocenters. The minimum absolute atomic E-state index is 0.0843. The molecule has 0 atom stereocenters. The first-order valence-corrected chi connectivity index (χ1v) is 15.9. The van der Waals surface area contributed by atoms with Crippen molar-refractivity contribution in [2.45, 2.75) is 38.5 Å². The van der Waals surface area contributed by atoms with E-state index in [-0.39, 0.29) is 10.8 Å². The highest BCUT2D eigenvalue weighted by molar-refractivity contribution is 6.28. The first-order chi connectivity index (χ1) is 21.3. The van der Waals surface area contributed by atoms with E-state index in [4.69, 9.17) is 0 Å². The summed E-state index contributed by atoms with van der Waals surface area (Å²) >= 11 is 0. The number of fused-ring (bicyclic) bond motifs is 8. The van der Waals surface area contributed by atoms with Crippen molar-refractivity contribution < 1.29 is 0 Å². The molecular formula is C44H30. The van der Waals surface area contributed by atoms with E-state index < -0.39 is 0 Å². The van der Waals surface area contributed by atoms with Crippen LogP contribution in [-0.4, -0.2) is 0 Å². The Bertz CT molecular complexity index is 2530. The minimum Gasteiger partial charge on any atom is -0.0610 e. The van der Waals surface area contributed by atoms with E-state index in [2.05, 4.69) is 137 Å². The standard InChI is InChI=1S/C44H30/c1-43(2)33-22-34-32(21-31(33)41-29-17-15-25-9-5-7-23-11-13-27(19-35(41)43)39(29)37(23)25)42-30-18-16-26-10-6-8-24-12-14-28(40(30)38(24)26)20-36(42)44(34,3)4/h5-22H,1-4H3. The van der Waals surface area contributed by atoms with E-state index in [0.717, 1.165) is 0 Å². The smallest absolute Gasteiger partial charge is 0.0159 e. The van der Waals surface area contributed by atoms with Crippen LogP contribution in [0.25, 0.3) is 86.9 Å². The van der Waals surface area contributed by atoms with Gasteiger partial charge in [0.05, 0.1) is 0 Å². The Labute approximate surface area is 256 Å². The Morgan fingerprint density at radius 3 is 1.16 bits per heavy atom. The number of rotatable bonds is 0. The zero-order chi connectivity index (χ0) is 29.3. The number of benzene rings is 9. The largest absolute Gasteiger partial charge is 0.0610 e. The van der Waals surface area contributed by atoms with Crippen LogP contribution < -0.4 is 0 Å². The van der Waals surface area contributed by atoms with E-state index in [1.807, 2.05) is 0 Å². The molecule has 0 saturated carbocycles. The molecule has 0 amide bonds. The predicted octanol–water partition coefficient (Wildman–Crippen LogP) is 12.1. The summed E-state index contributed by atoms with van der Waals surface area (Å²) in [6.45, 7) is 9.74. The molecule has 0 fully saturated rings. The second kappa shape index (κ2) is 7.22. The number of hydrogen-bond acceptors (Lipinski definition) is 0. The molecule has 11 rings (SSSR count). The lowest BCUT2D eigenvalue weighted by molar-refractivity contribution is 0.640. The molecule has 0 aliphatic heterocycles. The molecule has 0 aromatic heterocycles. The van der Waals surface area contributed by atoms with Gasteiger partial charge in [-0.15, -0.1) is 0 Å². The summed E-state index contributed by atoms with van der Waals surface area (Å²) in [5, 5.41) is 16.4. The van der Waals surface area contributed by atoms with Crippen molar-refractivity contribution in [1.82, 2.24) is 0 Å². The number of hydrogen-bond donors (Lipinski definition) is 0. The van der Waals surface area contributed by atoms with Gasteiger partial charge in [0, 0.05) is 10.8 Å². The first kappa shape index (κ1) is 23.5. The van der Waals surface area contributed by atoms with Crippen molar-refractivity contribution >= 4 is 64.6 Å². The molecule has 0 N–H and O–H groups in total. The van der Waals surface area contributed by atoms with Crippen molar-refractivity contribution in [2.75, 3.05) is 0 Å². The lowest BCUT2D eigenvalue weighted by Gasteiger charge is -2.26. The SMILES string of the molecule is CC1(C)c2cc3c(cc2-c2c1cc1ccc4cccc5ccc2c1c45)-c1c(cc2ccc4cccc5ccc1c2c45)C3(C)C. The molecule has 9 aromatic rings. The summed E-state index contributed by atoms with van der Waals surface area (Å²) < 4.78 is 0. The molecule has 2 aliphatic rings. The average molecular weight is 559 g/mol. The molecule has 0 heteroatoms. The highest BCUT2D eigenvalue weighted by Crippen LogP contribution is 2.60. The zero-order valence-corrected chi connectivity index (χ0v) is 25.4. The van der Waals surface area contributed by atoms with E-state index in [1.54, 1.807) is 0 Å². The van der Waals surface area contributed by atoms with Gasteiger partial charge < -0.3 is 0 Å². The molecule has 0 radical (unpaired) electrons. The molecule has 206 valence electrons. The predicted molar refractivity (Wildman–Crippen MR) is 189 cm³/mol. The van der Waals surface area contributed by atoms with Crippen molar-refractivity contribution in [2.24, 2.45) is 0 Å². The first-order valence-electron chi connectivity index (χ1n) is 15.9. The van der Waals surface area contributed by atoms with Gasteiger partial charge in [0.15, 0.2) is 0 Å². The van der Waals surface area contributed by atoms with Crippen LogP contribution in [0, 0.1) is 0 Å². The van der Waals surface area contributed by atoms with Gasteiger partial charge >= 0.3 is 0 Å². The quantitative estimate of drug-likeness (QED) is 0.162. The maximum absolute atomic E-state index is 2.59. The molecule has 0 bridgehead atoms. The third kappa shape index (κ3) is 2.49. The average Bonchev–Trinajstić information content (AvgIpc) is 3.40. The summed E-state index contributed by atoms with van der Waals surface area (Å²) in [6, 6.07) is 42.3. The summed E-state index contributed by atoms with van der Waals surface area (Å²) in [4.78, 5) is 0. The minimum atomic E-state index is -0.0843. The summed E-state index contributed by atoms with van der Waals surface area (Å²) in [6.07, 6.45) is 0. The second-order valence-electron chi connectivity index (χ2n) is 14.5. The fraction of sp³-hybridized carbons (Fsp3) is 0.136. The maximum atomic E-state index is 2.59. The Kier molecular flexibility index (Phi) is 3.86. The van der Waals surface area contributed by atoms with Crippen molar-refractivity contribution in [3.05, 3.63) is 131 Å². The lowest BCUT2D eigenvalue weighted by atomic mass is 9.77. The topological polar surface area (TPSA) is 0 Å². The van der Waals surface area contributed by atoms with E-state index in [9.17, 15) is 0 Å². The van der Waals surface area contributed by atoms with Crippen molar-refractivity contribution in [3.63, 3.8) is 0 Å². The highest BCUT2D eigenvalue weighted by atomic mass is 14.5. The molecule has 0 nitrogen and oxygen atoms in total. The second-order valence-corrected chi connectivity index (χ2v) is 14.5. The van der Waals surface area contributed by atoms with Crippen molar-refractivity contribution in [3.8, 4) is 22.3 Å². The van der Waals surface area contributed by atoms with Gasteiger partial charge in [0.1, 0.15) is 0 Å². The Hall–Kier alpha value is -4.94.